The van der Waals surface area contributed by atoms with Gasteiger partial charge in [0.25, 0.3) is 11.8 Å². The lowest BCUT2D eigenvalue weighted by molar-refractivity contribution is 0.0795. The number of amides is 2. The van der Waals surface area contributed by atoms with Crippen LogP contribution in [0.5, 0.6) is 5.75 Å². The number of benzene rings is 2. The first kappa shape index (κ1) is 24.1. The van der Waals surface area contributed by atoms with E-state index in [0.29, 0.717) is 54.4 Å². The maximum atomic E-state index is 13.1. The van der Waals surface area contributed by atoms with Crippen molar-refractivity contribution in [2.75, 3.05) is 44.7 Å². The number of hydrogen-bond donors (Lipinski definition) is 1. The zero-order chi connectivity index (χ0) is 25.1. The summed E-state index contributed by atoms with van der Waals surface area (Å²) in [6.07, 6.45) is 3.47. The Hall–Kier alpha value is -3.59. The predicted octanol–water partition coefficient (Wildman–Crippen LogP) is 2.58. The third-order valence-corrected chi connectivity index (χ3v) is 7.62. The standard InChI is InChI=1S/C27H27BN4O3S/c1-35-21-9-10-23(28)22(12-21)26(34)31-14-19-16-32(17-20(19)15-31)27-30-13-24(36-27)25(33)29-11-5-8-18-6-3-2-4-7-18/h2-4,6-7,9-10,12-13H,5,8,11,14-17H2,1H3,(H,29,33). The molecule has 0 unspecified atom stereocenters. The molecule has 1 aromatic heterocycles. The smallest absolute Gasteiger partial charge is 0.263 e. The van der Waals surface area contributed by atoms with Crippen LogP contribution in [0.1, 0.15) is 32.0 Å². The minimum atomic E-state index is -0.0900. The molecule has 3 aromatic rings. The van der Waals surface area contributed by atoms with Gasteiger partial charge in [-0.2, -0.15) is 0 Å². The van der Waals surface area contributed by atoms with Gasteiger partial charge >= 0.3 is 0 Å². The van der Waals surface area contributed by atoms with Gasteiger partial charge in [0.1, 0.15) is 18.5 Å². The molecule has 0 saturated carbocycles. The van der Waals surface area contributed by atoms with Crippen molar-refractivity contribution >= 4 is 41.6 Å². The van der Waals surface area contributed by atoms with Crippen LogP contribution in [0.3, 0.4) is 0 Å². The Balaban J connectivity index is 1.12. The normalized spacial score (nSPS) is 14.8. The maximum Gasteiger partial charge on any atom is 0.263 e. The van der Waals surface area contributed by atoms with Crippen molar-refractivity contribution in [1.82, 2.24) is 15.2 Å². The molecule has 0 saturated heterocycles. The molecule has 0 aliphatic carbocycles. The molecule has 2 aliphatic rings. The second kappa shape index (κ2) is 10.6. The Morgan fingerprint density at radius 1 is 1.08 bits per heavy atom. The molecule has 182 valence electrons. The van der Waals surface area contributed by atoms with Crippen LogP contribution in [0.15, 0.2) is 65.9 Å². The highest BCUT2D eigenvalue weighted by molar-refractivity contribution is 7.17. The zero-order valence-corrected chi connectivity index (χ0v) is 21.0. The molecule has 2 amide bonds. The number of carbonyl (C=O) groups is 2. The maximum absolute atomic E-state index is 13.1. The van der Waals surface area contributed by atoms with Crippen molar-refractivity contribution in [2.45, 2.75) is 12.8 Å². The number of thiazole rings is 1. The average molecular weight is 498 g/mol. The minimum absolute atomic E-state index is 0.0841. The van der Waals surface area contributed by atoms with Gasteiger partial charge in [-0.05, 0) is 41.7 Å². The van der Waals surface area contributed by atoms with Gasteiger partial charge < -0.3 is 19.9 Å². The van der Waals surface area contributed by atoms with E-state index in [2.05, 4.69) is 27.3 Å². The second-order valence-electron chi connectivity index (χ2n) is 9.03. The summed E-state index contributed by atoms with van der Waals surface area (Å²) in [5, 5.41) is 3.83. The SMILES string of the molecule is [B]c1ccc(OC)cc1C(=O)N1CC2=C(C1)CN(c1ncc(C(=O)NCCCc3ccccc3)s1)C2. The summed E-state index contributed by atoms with van der Waals surface area (Å²) in [6, 6.07) is 15.4. The lowest BCUT2D eigenvalue weighted by Gasteiger charge is -2.23. The van der Waals surface area contributed by atoms with Crippen LogP contribution in [0.2, 0.25) is 0 Å². The summed E-state index contributed by atoms with van der Waals surface area (Å²) in [5.74, 6) is 0.435. The molecular formula is C27H27BN4O3S. The molecule has 2 radical (unpaired) electrons. The van der Waals surface area contributed by atoms with Gasteiger partial charge in [-0.25, -0.2) is 4.98 Å². The number of hydrogen-bond acceptors (Lipinski definition) is 6. The van der Waals surface area contributed by atoms with Gasteiger partial charge in [0.15, 0.2) is 5.13 Å². The van der Waals surface area contributed by atoms with Gasteiger partial charge in [-0.15, -0.1) is 0 Å². The second-order valence-corrected chi connectivity index (χ2v) is 10.0. The summed E-state index contributed by atoms with van der Waals surface area (Å²) in [6.45, 7) is 3.18. The summed E-state index contributed by atoms with van der Waals surface area (Å²) in [7, 11) is 7.62. The number of aryl methyl sites for hydroxylation is 1. The Bertz CT molecular complexity index is 1290. The molecule has 0 spiro atoms. The largest absolute Gasteiger partial charge is 0.497 e. The van der Waals surface area contributed by atoms with Crippen molar-refractivity contribution in [2.24, 2.45) is 0 Å². The van der Waals surface area contributed by atoms with E-state index in [0.717, 1.165) is 18.0 Å². The van der Waals surface area contributed by atoms with Gasteiger partial charge in [0, 0.05) is 38.3 Å². The van der Waals surface area contributed by atoms with Crippen LogP contribution in [-0.2, 0) is 6.42 Å². The molecule has 2 aromatic carbocycles. The first-order valence-corrected chi connectivity index (χ1v) is 12.8. The molecule has 7 nitrogen and oxygen atoms in total. The molecule has 0 bridgehead atoms. The zero-order valence-electron chi connectivity index (χ0n) is 20.2. The molecule has 0 atom stereocenters. The number of aromatic nitrogens is 1. The van der Waals surface area contributed by atoms with Crippen LogP contribution in [-0.4, -0.2) is 69.4 Å². The minimum Gasteiger partial charge on any atom is -0.497 e. The number of rotatable bonds is 8. The third kappa shape index (κ3) is 5.16. The predicted molar refractivity (Wildman–Crippen MR) is 143 cm³/mol. The van der Waals surface area contributed by atoms with E-state index in [4.69, 9.17) is 12.6 Å². The molecule has 36 heavy (non-hydrogen) atoms. The number of nitrogens with zero attached hydrogens (tertiary/aromatic N) is 3. The highest BCUT2D eigenvalue weighted by Gasteiger charge is 2.34. The molecule has 0 fully saturated rings. The van der Waals surface area contributed by atoms with Crippen LogP contribution in [0.4, 0.5) is 5.13 Å². The summed E-state index contributed by atoms with van der Waals surface area (Å²) in [4.78, 5) is 34.8. The Morgan fingerprint density at radius 3 is 2.56 bits per heavy atom. The average Bonchev–Trinajstić information content (AvgIpc) is 3.62. The van der Waals surface area contributed by atoms with Crippen molar-refractivity contribution in [3.05, 3.63) is 81.9 Å². The van der Waals surface area contributed by atoms with E-state index in [-0.39, 0.29) is 11.8 Å². The molecule has 2 aliphatic heterocycles. The van der Waals surface area contributed by atoms with Gasteiger partial charge in [0.05, 0.1) is 13.3 Å². The molecular weight excluding hydrogens is 471 g/mol. The number of nitrogens with one attached hydrogen (secondary N) is 1. The van der Waals surface area contributed by atoms with Crippen LogP contribution in [0.25, 0.3) is 0 Å². The first-order valence-electron chi connectivity index (χ1n) is 12.0. The van der Waals surface area contributed by atoms with E-state index in [9.17, 15) is 9.59 Å². The molecule has 3 heterocycles. The number of carbonyl (C=O) groups excluding carboxylic acids is 2. The van der Waals surface area contributed by atoms with Crippen LogP contribution < -0.4 is 20.4 Å². The summed E-state index contributed by atoms with van der Waals surface area (Å²) in [5.41, 5.74) is 4.64. The van der Waals surface area contributed by atoms with Crippen molar-refractivity contribution in [1.29, 1.82) is 0 Å². The van der Waals surface area contributed by atoms with E-state index < -0.39 is 0 Å². The number of methoxy groups -OCH3 is 1. The highest BCUT2D eigenvalue weighted by atomic mass is 32.1. The Kier molecular flexibility index (Phi) is 7.09. The lowest BCUT2D eigenvalue weighted by atomic mass is 9.89. The van der Waals surface area contributed by atoms with E-state index in [1.54, 1.807) is 31.5 Å². The number of ether oxygens (including phenoxy) is 1. The summed E-state index contributed by atoms with van der Waals surface area (Å²) < 4.78 is 5.25. The van der Waals surface area contributed by atoms with E-state index in [1.165, 1.54) is 28.0 Å². The Labute approximate surface area is 216 Å². The van der Waals surface area contributed by atoms with Gasteiger partial charge in [0.2, 0.25) is 0 Å². The topological polar surface area (TPSA) is 74.8 Å². The van der Waals surface area contributed by atoms with Gasteiger partial charge in [-0.1, -0.05) is 53.2 Å². The quantitative estimate of drug-likeness (QED) is 0.294. The van der Waals surface area contributed by atoms with Crippen molar-refractivity contribution in [3.8, 4) is 5.75 Å². The fraction of sp³-hybridized carbons (Fsp3) is 0.296. The first-order chi connectivity index (χ1) is 17.5. The third-order valence-electron chi connectivity index (χ3n) is 6.56. The Morgan fingerprint density at radius 2 is 1.83 bits per heavy atom. The summed E-state index contributed by atoms with van der Waals surface area (Å²) >= 11 is 1.41. The molecule has 5 rings (SSSR count). The highest BCUT2D eigenvalue weighted by Crippen LogP contribution is 2.32. The fourth-order valence-electron chi connectivity index (χ4n) is 4.62. The van der Waals surface area contributed by atoms with Crippen molar-refractivity contribution in [3.63, 3.8) is 0 Å². The molecule has 1 N–H and O–H groups in total. The van der Waals surface area contributed by atoms with Crippen LogP contribution >= 0.6 is 11.3 Å². The van der Waals surface area contributed by atoms with Crippen molar-refractivity contribution < 1.29 is 14.3 Å². The fourth-order valence-corrected chi connectivity index (χ4v) is 5.45. The van der Waals surface area contributed by atoms with Gasteiger partial charge in [-0.3, -0.25) is 9.59 Å². The molecule has 9 heteroatoms. The van der Waals surface area contributed by atoms with E-state index in [1.807, 2.05) is 23.1 Å². The lowest BCUT2D eigenvalue weighted by Crippen LogP contribution is -2.36. The van der Waals surface area contributed by atoms with E-state index >= 15 is 0 Å². The monoisotopic (exact) mass is 498 g/mol. The number of anilines is 1. The van der Waals surface area contributed by atoms with Crippen LogP contribution in [0, 0.1) is 0 Å².